The number of aryl methyl sites for hydroxylation is 1. The summed E-state index contributed by atoms with van der Waals surface area (Å²) in [6.07, 6.45) is 4.39. The molecule has 1 saturated carbocycles. The van der Waals surface area contributed by atoms with Gasteiger partial charge in [-0.25, -0.2) is 4.79 Å². The maximum Gasteiger partial charge on any atom is 0.522 e. The summed E-state index contributed by atoms with van der Waals surface area (Å²) < 4.78 is 62.1. The van der Waals surface area contributed by atoms with Crippen LogP contribution in [0.3, 0.4) is 0 Å². The highest BCUT2D eigenvalue weighted by Crippen LogP contribution is 2.58. The van der Waals surface area contributed by atoms with Crippen LogP contribution in [0, 0.1) is 17.8 Å². The second kappa shape index (κ2) is 16.7. The van der Waals surface area contributed by atoms with Crippen LogP contribution in [0.4, 0.5) is 18.9 Å². The predicted molar refractivity (Wildman–Crippen MR) is 215 cm³/mol. The minimum Gasteiger partial charge on any atom is -0.493 e. The molecule has 58 heavy (non-hydrogen) atoms. The minimum absolute atomic E-state index is 0.0438. The summed E-state index contributed by atoms with van der Waals surface area (Å²) in [7, 11) is 0. The summed E-state index contributed by atoms with van der Waals surface area (Å²) >= 11 is 6.30. The lowest BCUT2D eigenvalue weighted by Gasteiger charge is -2.47. The molecule has 2 unspecified atom stereocenters. The van der Waals surface area contributed by atoms with Crippen LogP contribution in [0.15, 0.2) is 48.7 Å². The van der Waals surface area contributed by atoms with Gasteiger partial charge >= 0.3 is 12.3 Å². The SMILES string of the molecule is C[C@@H](COc1ccnc2c1[C@H](C)CCC2)CC1Cc2cc3c(cc2C12CCC(Nc1cccc(Cl)c1)(C(=O)O)CC2)OCC(CN1CCC(OC(F)(F)F)CC1)CO3. The van der Waals surface area contributed by atoms with E-state index in [9.17, 15) is 23.1 Å². The lowest BCUT2D eigenvalue weighted by atomic mass is 9.59. The van der Waals surface area contributed by atoms with Crippen molar-refractivity contribution in [1.29, 1.82) is 0 Å². The van der Waals surface area contributed by atoms with Crippen molar-refractivity contribution in [2.75, 3.05) is 44.8 Å². The number of nitrogens with one attached hydrogen (secondary N) is 1. The molecule has 0 bridgehead atoms. The zero-order valence-electron chi connectivity index (χ0n) is 33.4. The van der Waals surface area contributed by atoms with Crippen LogP contribution < -0.4 is 19.5 Å². The van der Waals surface area contributed by atoms with Gasteiger partial charge in [0.2, 0.25) is 0 Å². The number of hydrogen-bond donors (Lipinski definition) is 2. The third kappa shape index (κ3) is 8.75. The quantitative estimate of drug-likeness (QED) is 0.196. The number of piperidine rings is 1. The Morgan fingerprint density at radius 3 is 2.52 bits per heavy atom. The Morgan fingerprint density at radius 1 is 1.07 bits per heavy atom. The molecule has 1 spiro atoms. The molecule has 2 aliphatic heterocycles. The molecule has 1 aromatic heterocycles. The highest BCUT2D eigenvalue weighted by molar-refractivity contribution is 6.30. The number of anilines is 1. The van der Waals surface area contributed by atoms with Crippen molar-refractivity contribution >= 4 is 23.3 Å². The molecule has 9 nitrogen and oxygen atoms in total. The molecular weight excluding hydrogens is 771 g/mol. The van der Waals surface area contributed by atoms with E-state index in [1.807, 2.05) is 24.4 Å². The second-order valence-electron chi connectivity index (χ2n) is 17.7. The lowest BCUT2D eigenvalue weighted by Crippen LogP contribution is -2.53. The first-order valence-electron chi connectivity index (χ1n) is 21.1. The number of carboxylic acid groups (broad SMARTS) is 1. The van der Waals surface area contributed by atoms with Crippen LogP contribution in [0.1, 0.15) is 99.9 Å². The molecule has 3 aromatic rings. The summed E-state index contributed by atoms with van der Waals surface area (Å²) in [6, 6.07) is 13.6. The van der Waals surface area contributed by atoms with Gasteiger partial charge in [-0.05, 0) is 141 Å². The molecule has 4 atom stereocenters. The van der Waals surface area contributed by atoms with Crippen molar-refractivity contribution in [3.8, 4) is 17.2 Å². The minimum atomic E-state index is -4.61. The number of likely N-dealkylation sites (tertiary alicyclic amines) is 1. The van der Waals surface area contributed by atoms with E-state index in [4.69, 9.17) is 25.8 Å². The monoisotopic (exact) mass is 825 g/mol. The highest BCUT2D eigenvalue weighted by Gasteiger charge is 2.54. The third-order valence-electron chi connectivity index (χ3n) is 13.7. The van der Waals surface area contributed by atoms with E-state index < -0.39 is 24.0 Å². The van der Waals surface area contributed by atoms with Gasteiger partial charge in [0.1, 0.15) is 11.3 Å². The zero-order valence-corrected chi connectivity index (χ0v) is 34.2. The first-order chi connectivity index (χ1) is 27.8. The predicted octanol–water partition coefficient (Wildman–Crippen LogP) is 9.59. The first kappa shape index (κ1) is 41.0. The number of carbonyl (C=O) groups is 1. The van der Waals surface area contributed by atoms with Crippen LogP contribution in [-0.4, -0.2) is 78.4 Å². The largest absolute Gasteiger partial charge is 0.522 e. The van der Waals surface area contributed by atoms with Crippen molar-refractivity contribution in [2.24, 2.45) is 17.8 Å². The Hall–Kier alpha value is -3.74. The van der Waals surface area contributed by atoms with Gasteiger partial charge in [0.25, 0.3) is 0 Å². The average Bonchev–Trinajstić information content (AvgIpc) is 3.31. The molecule has 314 valence electrons. The van der Waals surface area contributed by atoms with Gasteiger partial charge in [-0.15, -0.1) is 13.2 Å². The molecule has 3 aliphatic carbocycles. The standard InChI is InChI=1S/C45H55ClF3N3O6/c1-28(25-55-38-9-16-50-37-8-3-5-29(2)41(37)38)19-32-20-31-21-39-40(57-27-30(26-56-39)24-52-17-10-35(11-18-52)58-45(47,48)49)23-36(31)43(32)12-14-44(15-13-43,42(53)54)51-34-7-4-6-33(46)22-34/h4,6-7,9,16,21-23,28-30,32,35,51H,3,5,8,10-15,17-20,24-27H2,1-2H3,(H,53,54)/t28-,29-,30?,32?,43?,44?/m1/s1. The second-order valence-corrected chi connectivity index (χ2v) is 18.1. The highest BCUT2D eigenvalue weighted by atomic mass is 35.5. The zero-order chi connectivity index (χ0) is 40.7. The van der Waals surface area contributed by atoms with E-state index in [1.165, 1.54) is 16.7 Å². The number of pyridine rings is 1. The lowest BCUT2D eigenvalue weighted by molar-refractivity contribution is -0.345. The van der Waals surface area contributed by atoms with E-state index in [2.05, 4.69) is 45.9 Å². The van der Waals surface area contributed by atoms with Crippen LogP contribution in [0.25, 0.3) is 0 Å². The fourth-order valence-electron chi connectivity index (χ4n) is 10.7. The molecule has 2 fully saturated rings. The van der Waals surface area contributed by atoms with Crippen molar-refractivity contribution in [1.82, 2.24) is 9.88 Å². The number of fused-ring (bicyclic) bond motifs is 4. The number of hydrogen-bond acceptors (Lipinski definition) is 8. The Morgan fingerprint density at radius 2 is 1.81 bits per heavy atom. The number of nitrogens with zero attached hydrogens (tertiary/aromatic N) is 2. The van der Waals surface area contributed by atoms with E-state index in [-0.39, 0.29) is 23.2 Å². The number of aliphatic carboxylic acids is 1. The summed E-state index contributed by atoms with van der Waals surface area (Å²) in [5.74, 6) is 2.44. The number of benzene rings is 2. The molecule has 8 rings (SSSR count). The Kier molecular flexibility index (Phi) is 11.8. The Balaban J connectivity index is 0.996. The molecule has 13 heteroatoms. The fourth-order valence-corrected chi connectivity index (χ4v) is 10.9. The topological polar surface area (TPSA) is 102 Å². The number of alkyl halides is 3. The molecule has 1 saturated heterocycles. The number of rotatable bonds is 11. The van der Waals surface area contributed by atoms with Crippen molar-refractivity contribution < 1.29 is 42.0 Å². The van der Waals surface area contributed by atoms with Gasteiger partial charge < -0.3 is 29.5 Å². The maximum absolute atomic E-state index is 13.1. The van der Waals surface area contributed by atoms with Gasteiger partial charge in [-0.1, -0.05) is 31.5 Å². The van der Waals surface area contributed by atoms with E-state index >= 15 is 0 Å². The number of ether oxygens (including phenoxy) is 4. The molecule has 0 amide bonds. The van der Waals surface area contributed by atoms with Crippen LogP contribution in [0.5, 0.6) is 17.2 Å². The van der Waals surface area contributed by atoms with Gasteiger partial charge in [-0.2, -0.15) is 0 Å². The molecule has 2 aromatic carbocycles. The molecular formula is C45H55ClF3N3O6. The number of aromatic nitrogens is 1. The third-order valence-corrected chi connectivity index (χ3v) is 13.9. The number of halogens is 4. The van der Waals surface area contributed by atoms with Crippen LogP contribution >= 0.6 is 11.6 Å². The maximum atomic E-state index is 13.1. The Labute approximate surface area is 343 Å². The van der Waals surface area contributed by atoms with Crippen molar-refractivity contribution in [2.45, 2.75) is 114 Å². The van der Waals surface area contributed by atoms with Gasteiger partial charge in [0.15, 0.2) is 11.5 Å². The van der Waals surface area contributed by atoms with Gasteiger partial charge in [0, 0.05) is 53.7 Å². The molecule has 3 heterocycles. The van der Waals surface area contributed by atoms with Crippen molar-refractivity contribution in [3.63, 3.8) is 0 Å². The van der Waals surface area contributed by atoms with Gasteiger partial charge in [0.05, 0.1) is 25.9 Å². The smallest absolute Gasteiger partial charge is 0.493 e. The first-order valence-corrected chi connectivity index (χ1v) is 21.4. The fraction of sp³-hybridized carbons (Fsp3) is 0.600. The normalized spacial score (nSPS) is 28.0. The van der Waals surface area contributed by atoms with E-state index in [0.717, 1.165) is 43.5 Å². The van der Waals surface area contributed by atoms with E-state index in [1.54, 1.807) is 12.1 Å². The summed E-state index contributed by atoms with van der Waals surface area (Å²) in [4.78, 5) is 19.9. The molecule has 0 radical (unpaired) electrons. The summed E-state index contributed by atoms with van der Waals surface area (Å²) in [6.45, 7) is 7.69. The average molecular weight is 826 g/mol. The summed E-state index contributed by atoms with van der Waals surface area (Å²) in [5, 5.41) is 14.6. The Bertz CT molecular complexity index is 1950. The number of carboxylic acids is 1. The van der Waals surface area contributed by atoms with Crippen LogP contribution in [-0.2, 0) is 27.8 Å². The van der Waals surface area contributed by atoms with Gasteiger partial charge in [-0.3, -0.25) is 9.72 Å². The van der Waals surface area contributed by atoms with Crippen molar-refractivity contribution in [3.05, 3.63) is 76.1 Å². The summed E-state index contributed by atoms with van der Waals surface area (Å²) in [5.41, 5.74) is 4.12. The molecule has 2 N–H and O–H groups in total. The molecule has 5 aliphatic rings. The van der Waals surface area contributed by atoms with Crippen LogP contribution in [0.2, 0.25) is 5.02 Å². The van der Waals surface area contributed by atoms with E-state index in [0.29, 0.717) is 106 Å².